The summed E-state index contributed by atoms with van der Waals surface area (Å²) in [4.78, 5) is 28.9. The molecule has 1 aromatic heterocycles. The van der Waals surface area contributed by atoms with Crippen molar-refractivity contribution in [3.05, 3.63) is 78.1 Å². The van der Waals surface area contributed by atoms with Gasteiger partial charge in [0.25, 0.3) is 12.0 Å². The summed E-state index contributed by atoms with van der Waals surface area (Å²) >= 11 is 0. The minimum absolute atomic E-state index is 0.110. The van der Waals surface area contributed by atoms with Crippen molar-refractivity contribution in [2.24, 2.45) is 0 Å². The van der Waals surface area contributed by atoms with Gasteiger partial charge in [-0.05, 0) is 19.1 Å². The Bertz CT molecular complexity index is 1050. The van der Waals surface area contributed by atoms with Crippen LogP contribution in [0.4, 0.5) is 4.79 Å². The van der Waals surface area contributed by atoms with E-state index in [4.69, 9.17) is 0 Å². The first kappa shape index (κ1) is 20.7. The van der Waals surface area contributed by atoms with Crippen LogP contribution in [-0.4, -0.2) is 62.1 Å². The summed E-state index contributed by atoms with van der Waals surface area (Å²) < 4.78 is -0.194. The molecule has 4 rings (SSSR count). The fourth-order valence-corrected chi connectivity index (χ4v) is 4.18. The molecule has 1 fully saturated rings. The SMILES string of the molecule is C[C@@H]1CC[N+](Cc2ccccc2)(C(=O)[O-])CCN1C(=O)c1ccccc1-n1nccn1. The lowest BCUT2D eigenvalue weighted by atomic mass is 10.1. The minimum atomic E-state index is -1.11. The summed E-state index contributed by atoms with van der Waals surface area (Å²) in [5.41, 5.74) is 2.02. The Hall–Kier alpha value is -3.52. The molecule has 8 nitrogen and oxygen atoms in total. The highest BCUT2D eigenvalue weighted by atomic mass is 16.4. The van der Waals surface area contributed by atoms with E-state index in [0.717, 1.165) is 5.56 Å². The number of quaternary nitrogens is 1. The third-order valence-corrected chi connectivity index (χ3v) is 6.02. The number of carboxylic acid groups (broad SMARTS) is 1. The van der Waals surface area contributed by atoms with Gasteiger partial charge in [0.15, 0.2) is 0 Å². The molecule has 0 aliphatic carbocycles. The molecule has 0 saturated carbocycles. The smallest absolute Gasteiger partial charge is 0.257 e. The van der Waals surface area contributed by atoms with Gasteiger partial charge in [0.2, 0.25) is 0 Å². The van der Waals surface area contributed by atoms with E-state index in [1.165, 1.54) is 4.80 Å². The van der Waals surface area contributed by atoms with Crippen LogP contribution in [0.25, 0.3) is 5.69 Å². The molecule has 31 heavy (non-hydrogen) atoms. The Morgan fingerprint density at radius 2 is 1.71 bits per heavy atom. The standard InChI is InChI=1S/C23H25N5O3/c1-18-11-15-28(23(30)31,17-19-7-3-2-4-8-19)16-14-26(18)22(29)20-9-5-6-10-21(20)27-24-12-13-25-27/h2-10,12-13,18H,11,14-17H2,1H3/t18-,28?/m1/s1. The van der Waals surface area contributed by atoms with Gasteiger partial charge in [-0.2, -0.15) is 15.0 Å². The lowest BCUT2D eigenvalue weighted by Crippen LogP contribution is -2.59. The van der Waals surface area contributed by atoms with Crippen LogP contribution in [-0.2, 0) is 6.54 Å². The van der Waals surface area contributed by atoms with Crippen molar-refractivity contribution in [3.8, 4) is 5.69 Å². The van der Waals surface area contributed by atoms with Crippen molar-refractivity contribution >= 4 is 12.0 Å². The average Bonchev–Trinajstić information content (AvgIpc) is 3.27. The summed E-state index contributed by atoms with van der Waals surface area (Å²) in [6.07, 6.45) is 2.58. The summed E-state index contributed by atoms with van der Waals surface area (Å²) in [5, 5.41) is 20.5. The Balaban J connectivity index is 1.60. The zero-order valence-electron chi connectivity index (χ0n) is 17.4. The molecule has 0 N–H and O–H groups in total. The van der Waals surface area contributed by atoms with E-state index in [-0.39, 0.29) is 23.0 Å². The summed E-state index contributed by atoms with van der Waals surface area (Å²) in [6, 6.07) is 16.6. The molecule has 0 bridgehead atoms. The fraction of sp³-hybridized carbons (Fsp3) is 0.304. The van der Waals surface area contributed by atoms with Crippen molar-refractivity contribution in [1.82, 2.24) is 19.9 Å². The van der Waals surface area contributed by atoms with Crippen LogP contribution < -0.4 is 5.11 Å². The molecule has 1 aliphatic rings. The van der Waals surface area contributed by atoms with Gasteiger partial charge in [0.05, 0.1) is 36.7 Å². The first-order valence-corrected chi connectivity index (χ1v) is 10.4. The van der Waals surface area contributed by atoms with Crippen molar-refractivity contribution in [2.45, 2.75) is 25.9 Å². The number of para-hydroxylation sites is 1. The number of nitrogens with zero attached hydrogens (tertiary/aromatic N) is 5. The van der Waals surface area contributed by atoms with Crippen molar-refractivity contribution < 1.29 is 19.2 Å². The number of carbonyl (C=O) groups is 2. The molecule has 0 spiro atoms. The van der Waals surface area contributed by atoms with Gasteiger partial charge in [0, 0.05) is 18.0 Å². The average molecular weight is 419 g/mol. The Morgan fingerprint density at radius 3 is 2.42 bits per heavy atom. The van der Waals surface area contributed by atoms with Crippen LogP contribution in [0.1, 0.15) is 29.3 Å². The Kier molecular flexibility index (Phi) is 5.81. The summed E-state index contributed by atoms with van der Waals surface area (Å²) in [7, 11) is 0. The zero-order chi connectivity index (χ0) is 21.8. The van der Waals surface area contributed by atoms with Crippen LogP contribution in [0.3, 0.4) is 0 Å². The predicted octanol–water partition coefficient (Wildman–Crippen LogP) is 1.86. The van der Waals surface area contributed by atoms with Gasteiger partial charge in [-0.25, -0.2) is 0 Å². The second-order valence-corrected chi connectivity index (χ2v) is 7.97. The number of rotatable bonds is 4. The molecule has 0 radical (unpaired) electrons. The van der Waals surface area contributed by atoms with Crippen LogP contribution in [0.15, 0.2) is 67.0 Å². The van der Waals surface area contributed by atoms with Crippen LogP contribution in [0.2, 0.25) is 0 Å². The Morgan fingerprint density at radius 1 is 1.03 bits per heavy atom. The highest BCUT2D eigenvalue weighted by Gasteiger charge is 2.37. The van der Waals surface area contributed by atoms with Crippen molar-refractivity contribution in [2.75, 3.05) is 19.6 Å². The largest absolute Gasteiger partial charge is 0.498 e. The second-order valence-electron chi connectivity index (χ2n) is 7.97. The third-order valence-electron chi connectivity index (χ3n) is 6.02. The maximum absolute atomic E-state index is 13.5. The highest BCUT2D eigenvalue weighted by Crippen LogP contribution is 2.24. The predicted molar refractivity (Wildman–Crippen MR) is 112 cm³/mol. The number of hydrogen-bond donors (Lipinski definition) is 0. The quantitative estimate of drug-likeness (QED) is 0.602. The number of carbonyl (C=O) groups excluding carboxylic acids is 2. The monoisotopic (exact) mass is 419 g/mol. The maximum atomic E-state index is 13.5. The summed E-state index contributed by atoms with van der Waals surface area (Å²) in [5.74, 6) is -0.154. The highest BCUT2D eigenvalue weighted by molar-refractivity contribution is 5.97. The van der Waals surface area contributed by atoms with Crippen molar-refractivity contribution in [3.63, 3.8) is 0 Å². The molecule has 2 heterocycles. The Labute approximate surface area is 180 Å². The lowest BCUT2D eigenvalue weighted by Gasteiger charge is -2.37. The molecule has 8 heteroatoms. The minimum Gasteiger partial charge on any atom is -0.498 e. The second kappa shape index (κ2) is 8.69. The number of aromatic nitrogens is 3. The van der Waals surface area contributed by atoms with Gasteiger partial charge < -0.3 is 14.8 Å². The third kappa shape index (κ3) is 4.20. The van der Waals surface area contributed by atoms with E-state index in [1.54, 1.807) is 35.5 Å². The van der Waals surface area contributed by atoms with Crippen LogP contribution in [0, 0.1) is 0 Å². The molecule has 1 unspecified atom stereocenters. The van der Waals surface area contributed by atoms with Gasteiger partial charge >= 0.3 is 0 Å². The molecular formula is C23H25N5O3. The molecule has 2 amide bonds. The zero-order valence-corrected chi connectivity index (χ0v) is 17.4. The topological polar surface area (TPSA) is 91.2 Å². The van der Waals surface area contributed by atoms with E-state index in [9.17, 15) is 14.7 Å². The van der Waals surface area contributed by atoms with E-state index in [1.807, 2.05) is 43.3 Å². The van der Waals surface area contributed by atoms with Crippen LogP contribution in [0.5, 0.6) is 0 Å². The normalized spacial score (nSPS) is 21.5. The van der Waals surface area contributed by atoms with Crippen LogP contribution >= 0.6 is 0 Å². The molecular weight excluding hydrogens is 394 g/mol. The number of amides is 2. The van der Waals surface area contributed by atoms with E-state index in [0.29, 0.717) is 37.3 Å². The van der Waals surface area contributed by atoms with E-state index < -0.39 is 6.09 Å². The molecule has 1 saturated heterocycles. The van der Waals surface area contributed by atoms with Gasteiger partial charge in [-0.3, -0.25) is 9.28 Å². The van der Waals surface area contributed by atoms with Gasteiger partial charge in [-0.1, -0.05) is 42.5 Å². The fourth-order valence-electron chi connectivity index (χ4n) is 4.18. The molecule has 2 atom stereocenters. The van der Waals surface area contributed by atoms with Gasteiger partial charge in [0.1, 0.15) is 13.1 Å². The molecule has 2 aromatic carbocycles. The molecule has 3 aromatic rings. The van der Waals surface area contributed by atoms with Crippen molar-refractivity contribution in [1.29, 1.82) is 0 Å². The lowest BCUT2D eigenvalue weighted by molar-refractivity contribution is -0.887. The van der Waals surface area contributed by atoms with Gasteiger partial charge in [-0.15, -0.1) is 0 Å². The number of hydrogen-bond acceptors (Lipinski definition) is 5. The first-order chi connectivity index (χ1) is 15.0. The first-order valence-electron chi connectivity index (χ1n) is 10.4. The van der Waals surface area contributed by atoms with E-state index >= 15 is 0 Å². The van der Waals surface area contributed by atoms with E-state index in [2.05, 4.69) is 10.2 Å². The molecule has 160 valence electrons. The number of benzene rings is 2. The maximum Gasteiger partial charge on any atom is 0.257 e. The molecule has 1 aliphatic heterocycles. The summed E-state index contributed by atoms with van der Waals surface area (Å²) in [6.45, 7) is 3.32.